The molecule has 0 unspecified atom stereocenters. The number of methoxy groups -OCH3 is 2. The standard InChI is InChI=1S/C25H26N2O6/c1-4-32-19-10-7-17(8-11-19)14-21(25(29)26-16-20-6-5-13-33-20)27-24(28)18-9-12-22(30-2)23(15-18)31-3/h5-15H,4,16H2,1-3H3,(H,26,29)(H,27,28). The molecule has 172 valence electrons. The number of hydrogen-bond acceptors (Lipinski definition) is 6. The van der Waals surface area contributed by atoms with Gasteiger partial charge in [-0.05, 0) is 61.0 Å². The van der Waals surface area contributed by atoms with E-state index in [0.717, 1.165) is 0 Å². The lowest BCUT2D eigenvalue weighted by atomic mass is 10.1. The first kappa shape index (κ1) is 23.5. The molecule has 2 amide bonds. The molecule has 3 rings (SSSR count). The summed E-state index contributed by atoms with van der Waals surface area (Å²) in [5.74, 6) is 1.28. The van der Waals surface area contributed by atoms with Crippen LogP contribution in [0.3, 0.4) is 0 Å². The molecule has 0 saturated heterocycles. The van der Waals surface area contributed by atoms with Crippen molar-refractivity contribution in [3.63, 3.8) is 0 Å². The Balaban J connectivity index is 1.83. The highest BCUT2D eigenvalue weighted by atomic mass is 16.5. The predicted octanol–water partition coefficient (Wildman–Crippen LogP) is 3.78. The number of ether oxygens (including phenoxy) is 3. The fourth-order valence-electron chi connectivity index (χ4n) is 3.00. The van der Waals surface area contributed by atoms with Crippen LogP contribution in [0.15, 0.2) is 71.0 Å². The van der Waals surface area contributed by atoms with Crippen molar-refractivity contribution in [1.29, 1.82) is 0 Å². The van der Waals surface area contributed by atoms with Crippen LogP contribution in [0, 0.1) is 0 Å². The van der Waals surface area contributed by atoms with Gasteiger partial charge in [0.2, 0.25) is 0 Å². The van der Waals surface area contributed by atoms with Gasteiger partial charge in [-0.25, -0.2) is 0 Å². The highest BCUT2D eigenvalue weighted by Gasteiger charge is 2.17. The summed E-state index contributed by atoms with van der Waals surface area (Å²) in [5.41, 5.74) is 1.10. The summed E-state index contributed by atoms with van der Waals surface area (Å²) in [7, 11) is 3.00. The van der Waals surface area contributed by atoms with Crippen LogP contribution < -0.4 is 24.8 Å². The summed E-state index contributed by atoms with van der Waals surface area (Å²) in [6.07, 6.45) is 3.11. The molecule has 8 heteroatoms. The van der Waals surface area contributed by atoms with Crippen LogP contribution in [0.5, 0.6) is 17.2 Å². The van der Waals surface area contributed by atoms with Gasteiger partial charge < -0.3 is 29.3 Å². The Morgan fingerprint density at radius 3 is 2.39 bits per heavy atom. The van der Waals surface area contributed by atoms with Crippen LogP contribution in [0.4, 0.5) is 0 Å². The molecule has 0 radical (unpaired) electrons. The third-order valence-corrected chi connectivity index (χ3v) is 4.64. The summed E-state index contributed by atoms with van der Waals surface area (Å²) in [5, 5.41) is 5.44. The van der Waals surface area contributed by atoms with E-state index in [0.29, 0.717) is 40.7 Å². The second kappa shape index (κ2) is 11.4. The van der Waals surface area contributed by atoms with Gasteiger partial charge in [0.05, 0.1) is 33.6 Å². The van der Waals surface area contributed by atoms with Crippen LogP contribution >= 0.6 is 0 Å². The smallest absolute Gasteiger partial charge is 0.268 e. The topological polar surface area (TPSA) is 99.0 Å². The zero-order chi connectivity index (χ0) is 23.6. The van der Waals surface area contributed by atoms with E-state index < -0.39 is 11.8 Å². The number of rotatable bonds is 10. The SMILES string of the molecule is CCOc1ccc(C=C(NC(=O)c2ccc(OC)c(OC)c2)C(=O)NCc2ccco2)cc1. The monoisotopic (exact) mass is 450 g/mol. The lowest BCUT2D eigenvalue weighted by molar-refractivity contribution is -0.118. The molecular formula is C25H26N2O6. The molecule has 0 atom stereocenters. The van der Waals surface area contributed by atoms with Crippen molar-refractivity contribution in [2.75, 3.05) is 20.8 Å². The number of hydrogen-bond donors (Lipinski definition) is 2. The molecule has 2 aromatic carbocycles. The highest BCUT2D eigenvalue weighted by molar-refractivity contribution is 6.05. The quantitative estimate of drug-likeness (QED) is 0.456. The minimum Gasteiger partial charge on any atom is -0.494 e. The van der Waals surface area contributed by atoms with Gasteiger partial charge in [-0.15, -0.1) is 0 Å². The van der Waals surface area contributed by atoms with E-state index in [4.69, 9.17) is 18.6 Å². The molecule has 1 aromatic heterocycles. The van der Waals surface area contributed by atoms with Gasteiger partial charge in [-0.3, -0.25) is 9.59 Å². The lowest BCUT2D eigenvalue weighted by Gasteiger charge is -2.13. The van der Waals surface area contributed by atoms with E-state index in [2.05, 4.69) is 10.6 Å². The molecule has 33 heavy (non-hydrogen) atoms. The Bertz CT molecular complexity index is 1100. The Labute approximate surface area is 192 Å². The Morgan fingerprint density at radius 1 is 1.00 bits per heavy atom. The van der Waals surface area contributed by atoms with Crippen molar-refractivity contribution in [1.82, 2.24) is 10.6 Å². The van der Waals surface area contributed by atoms with E-state index in [1.807, 2.05) is 6.92 Å². The van der Waals surface area contributed by atoms with Crippen LogP contribution in [0.25, 0.3) is 6.08 Å². The fraction of sp³-hybridized carbons (Fsp3) is 0.200. The van der Waals surface area contributed by atoms with E-state index in [1.165, 1.54) is 20.5 Å². The average molecular weight is 450 g/mol. The number of carbonyl (C=O) groups excluding carboxylic acids is 2. The number of furan rings is 1. The molecule has 0 saturated carbocycles. The van der Waals surface area contributed by atoms with Crippen molar-refractivity contribution in [3.8, 4) is 17.2 Å². The summed E-state index contributed by atoms with van der Waals surface area (Å²) in [4.78, 5) is 25.8. The van der Waals surface area contributed by atoms with Crippen LogP contribution in [0.1, 0.15) is 28.6 Å². The number of nitrogens with one attached hydrogen (secondary N) is 2. The molecule has 0 spiro atoms. The summed E-state index contributed by atoms with van der Waals surface area (Å²) < 4.78 is 21.2. The molecule has 1 heterocycles. The van der Waals surface area contributed by atoms with E-state index in [-0.39, 0.29) is 12.2 Å². The minimum atomic E-state index is -0.471. The molecule has 0 aliphatic heterocycles. The normalized spacial score (nSPS) is 10.9. The summed E-state index contributed by atoms with van der Waals surface area (Å²) in [6.45, 7) is 2.63. The number of benzene rings is 2. The van der Waals surface area contributed by atoms with Gasteiger partial charge in [0, 0.05) is 5.56 Å². The molecule has 2 N–H and O–H groups in total. The molecule has 3 aromatic rings. The van der Waals surface area contributed by atoms with Gasteiger partial charge in [-0.1, -0.05) is 12.1 Å². The maximum absolute atomic E-state index is 12.9. The minimum absolute atomic E-state index is 0.0745. The Kier molecular flexibility index (Phi) is 8.13. The van der Waals surface area contributed by atoms with Crippen molar-refractivity contribution in [2.24, 2.45) is 0 Å². The zero-order valence-electron chi connectivity index (χ0n) is 18.7. The Hall–Kier alpha value is -4.20. The van der Waals surface area contributed by atoms with Crippen molar-refractivity contribution >= 4 is 17.9 Å². The second-order valence-corrected chi connectivity index (χ2v) is 6.85. The first-order valence-corrected chi connectivity index (χ1v) is 10.3. The number of amides is 2. The predicted molar refractivity (Wildman–Crippen MR) is 123 cm³/mol. The third kappa shape index (κ3) is 6.39. The number of carbonyl (C=O) groups is 2. The van der Waals surface area contributed by atoms with Gasteiger partial charge >= 0.3 is 0 Å². The van der Waals surface area contributed by atoms with E-state index in [9.17, 15) is 9.59 Å². The van der Waals surface area contributed by atoms with Gasteiger partial charge in [0.15, 0.2) is 11.5 Å². The van der Waals surface area contributed by atoms with Crippen LogP contribution in [0.2, 0.25) is 0 Å². The molecule has 0 fully saturated rings. The first-order valence-electron chi connectivity index (χ1n) is 10.3. The molecule has 8 nitrogen and oxygen atoms in total. The fourth-order valence-corrected chi connectivity index (χ4v) is 3.00. The van der Waals surface area contributed by atoms with Crippen LogP contribution in [-0.2, 0) is 11.3 Å². The summed E-state index contributed by atoms with van der Waals surface area (Å²) in [6, 6.07) is 15.4. The lowest BCUT2D eigenvalue weighted by Crippen LogP contribution is -2.34. The van der Waals surface area contributed by atoms with Crippen molar-refractivity contribution in [2.45, 2.75) is 13.5 Å². The average Bonchev–Trinajstić information content (AvgIpc) is 3.36. The maximum atomic E-state index is 12.9. The van der Waals surface area contributed by atoms with Gasteiger partial charge in [-0.2, -0.15) is 0 Å². The molecule has 0 aliphatic carbocycles. The highest BCUT2D eigenvalue weighted by Crippen LogP contribution is 2.27. The van der Waals surface area contributed by atoms with Gasteiger partial charge in [0.1, 0.15) is 17.2 Å². The molecular weight excluding hydrogens is 424 g/mol. The second-order valence-electron chi connectivity index (χ2n) is 6.85. The maximum Gasteiger partial charge on any atom is 0.268 e. The van der Waals surface area contributed by atoms with Gasteiger partial charge in [0.25, 0.3) is 11.8 Å². The summed E-state index contributed by atoms with van der Waals surface area (Å²) >= 11 is 0. The van der Waals surface area contributed by atoms with Crippen molar-refractivity contribution < 1.29 is 28.2 Å². The van der Waals surface area contributed by atoms with Crippen molar-refractivity contribution in [3.05, 3.63) is 83.4 Å². The first-order chi connectivity index (χ1) is 16.0. The van der Waals surface area contributed by atoms with E-state index >= 15 is 0 Å². The zero-order valence-corrected chi connectivity index (χ0v) is 18.7. The molecule has 0 aliphatic rings. The molecule has 0 bridgehead atoms. The van der Waals surface area contributed by atoms with E-state index in [1.54, 1.807) is 60.7 Å². The Morgan fingerprint density at radius 2 is 1.76 bits per heavy atom. The third-order valence-electron chi connectivity index (χ3n) is 4.64. The van der Waals surface area contributed by atoms with Crippen LogP contribution in [-0.4, -0.2) is 32.6 Å². The largest absolute Gasteiger partial charge is 0.494 e.